The van der Waals surface area contributed by atoms with Crippen LogP contribution in [-0.2, 0) is 12.8 Å². The van der Waals surface area contributed by atoms with E-state index in [1.807, 2.05) is 34.0 Å². The summed E-state index contributed by atoms with van der Waals surface area (Å²) in [6.07, 6.45) is 18.1. The van der Waals surface area contributed by atoms with E-state index in [9.17, 15) is 0 Å². The Hall–Kier alpha value is -2.11. The highest BCUT2D eigenvalue weighted by atomic mass is 32.2. The zero-order valence-electron chi connectivity index (χ0n) is 31.1. The minimum Gasteiger partial charge on any atom is -0.138 e. The van der Waals surface area contributed by atoms with Crippen LogP contribution in [0, 0.1) is 23.7 Å². The second-order valence-corrected chi connectivity index (χ2v) is 20.7. The summed E-state index contributed by atoms with van der Waals surface area (Å²) >= 11 is 8.17. The Morgan fingerprint density at radius 3 is 1.70 bits per heavy atom. The van der Waals surface area contributed by atoms with Gasteiger partial charge in [0.15, 0.2) is 0 Å². The summed E-state index contributed by atoms with van der Waals surface area (Å²) in [6.45, 7) is 14.2. The zero-order valence-corrected chi connectivity index (χ0v) is 34.4. The number of aryl methyl sites for hydroxylation is 2. The number of thioether (sulfide) groups is 1. The van der Waals surface area contributed by atoms with Crippen LogP contribution < -0.4 is 0 Å². The third-order valence-electron chi connectivity index (χ3n) is 11.0. The number of fused-ring (bicyclic) bond motifs is 7. The van der Waals surface area contributed by atoms with Crippen LogP contribution >= 0.6 is 45.8 Å². The largest absolute Gasteiger partial charge is 0.138 e. The molecule has 4 unspecified atom stereocenters. The fourth-order valence-electron chi connectivity index (χ4n) is 7.78. The summed E-state index contributed by atoms with van der Waals surface area (Å²) in [4.78, 5) is 7.48. The molecule has 2 aliphatic rings. The monoisotopic (exact) mass is 736 g/mol. The number of allylic oxidation sites excluding steroid dienone is 1. The van der Waals surface area contributed by atoms with E-state index >= 15 is 0 Å². The maximum absolute atomic E-state index is 2.52. The molecule has 5 aromatic rings. The van der Waals surface area contributed by atoms with Crippen LogP contribution in [0.5, 0.6) is 0 Å². The SMILES string of the molecule is CC(C)CCCC(C)CCc1ccc(-c2cc3c(s2)C2C=Cc4c(sc5cc(-c6ccc(CCC(C)CCCC(C)C)cc6)sc45)C2S3)cc1. The molecule has 0 N–H and O–H groups in total. The molecule has 2 aromatic carbocycles. The Kier molecular flexibility index (Phi) is 11.8. The molecule has 4 heterocycles. The first-order valence-corrected chi connectivity index (χ1v) is 22.8. The van der Waals surface area contributed by atoms with E-state index in [2.05, 4.69) is 126 Å². The molecule has 1 aliphatic heterocycles. The van der Waals surface area contributed by atoms with Crippen molar-refractivity contribution >= 4 is 61.2 Å². The first kappa shape index (κ1) is 36.3. The molecule has 0 radical (unpaired) electrons. The lowest BCUT2D eigenvalue weighted by molar-refractivity contribution is 0.437. The summed E-state index contributed by atoms with van der Waals surface area (Å²) in [7, 11) is 0. The number of thiophene rings is 3. The number of hydrogen-bond acceptors (Lipinski definition) is 4. The summed E-state index contributed by atoms with van der Waals surface area (Å²) in [5.74, 6) is 3.78. The van der Waals surface area contributed by atoms with Crippen molar-refractivity contribution in [3.05, 3.63) is 93.2 Å². The van der Waals surface area contributed by atoms with E-state index in [1.54, 1.807) is 9.75 Å². The van der Waals surface area contributed by atoms with Gasteiger partial charge in [-0.05, 0) is 83.7 Å². The van der Waals surface area contributed by atoms with E-state index in [0.29, 0.717) is 11.2 Å². The van der Waals surface area contributed by atoms with Gasteiger partial charge < -0.3 is 0 Å². The van der Waals surface area contributed by atoms with Gasteiger partial charge in [0.2, 0.25) is 0 Å². The van der Waals surface area contributed by atoms with Crippen LogP contribution in [0.3, 0.4) is 0 Å². The molecular weight excluding hydrogens is 681 g/mol. The van der Waals surface area contributed by atoms with E-state index < -0.39 is 0 Å². The Morgan fingerprint density at radius 2 is 1.14 bits per heavy atom. The molecule has 3 aromatic heterocycles. The summed E-state index contributed by atoms with van der Waals surface area (Å²) in [5.41, 5.74) is 7.19. The quantitative estimate of drug-likeness (QED) is 0.0972. The van der Waals surface area contributed by atoms with Crippen molar-refractivity contribution in [1.29, 1.82) is 0 Å². The van der Waals surface area contributed by atoms with Crippen LogP contribution in [0.4, 0.5) is 0 Å². The van der Waals surface area contributed by atoms with Gasteiger partial charge in [0.05, 0.1) is 9.95 Å². The van der Waals surface area contributed by atoms with Gasteiger partial charge in [-0.1, -0.05) is 141 Å². The second-order valence-electron chi connectivity index (χ2n) is 16.3. The molecule has 0 saturated heterocycles. The number of benzene rings is 2. The van der Waals surface area contributed by atoms with Gasteiger partial charge in [0.25, 0.3) is 0 Å². The highest BCUT2D eigenvalue weighted by molar-refractivity contribution is 8.00. The van der Waals surface area contributed by atoms with Crippen molar-refractivity contribution in [2.45, 2.75) is 122 Å². The van der Waals surface area contributed by atoms with E-state index in [4.69, 9.17) is 0 Å². The molecule has 50 heavy (non-hydrogen) atoms. The van der Waals surface area contributed by atoms with Crippen molar-refractivity contribution in [1.82, 2.24) is 0 Å². The van der Waals surface area contributed by atoms with Crippen molar-refractivity contribution < 1.29 is 0 Å². The lowest BCUT2D eigenvalue weighted by Gasteiger charge is -2.20. The van der Waals surface area contributed by atoms with Crippen molar-refractivity contribution in [2.24, 2.45) is 23.7 Å². The molecular formula is C46H56S4. The molecule has 0 spiro atoms. The van der Waals surface area contributed by atoms with Crippen LogP contribution in [0.15, 0.2) is 71.6 Å². The lowest BCUT2D eigenvalue weighted by Crippen LogP contribution is -2.02. The number of hydrogen-bond donors (Lipinski definition) is 0. The predicted molar refractivity (Wildman–Crippen MR) is 228 cm³/mol. The molecule has 0 saturated carbocycles. The highest BCUT2D eigenvalue weighted by Crippen LogP contribution is 2.63. The third-order valence-corrected chi connectivity index (χ3v) is 16.6. The fraction of sp³-hybridized carbons (Fsp3) is 0.478. The van der Waals surface area contributed by atoms with Crippen LogP contribution in [-0.4, -0.2) is 0 Å². The van der Waals surface area contributed by atoms with Gasteiger partial charge in [-0.2, -0.15) is 0 Å². The van der Waals surface area contributed by atoms with Crippen molar-refractivity contribution in [2.75, 3.05) is 0 Å². The average molecular weight is 737 g/mol. The Morgan fingerprint density at radius 1 is 0.580 bits per heavy atom. The van der Waals surface area contributed by atoms with Crippen molar-refractivity contribution in [3.63, 3.8) is 0 Å². The fourth-order valence-corrected chi connectivity index (χ4v) is 13.6. The lowest BCUT2D eigenvalue weighted by atomic mass is 9.94. The predicted octanol–water partition coefficient (Wildman–Crippen LogP) is 16.1. The maximum Gasteiger partial charge on any atom is 0.0557 e. The molecule has 4 atom stereocenters. The Labute approximate surface area is 318 Å². The molecule has 4 heteroatoms. The number of rotatable bonds is 16. The maximum atomic E-state index is 2.52. The summed E-state index contributed by atoms with van der Waals surface area (Å²) in [5, 5.41) is 0.523. The molecule has 7 rings (SSSR count). The molecule has 0 amide bonds. The summed E-state index contributed by atoms with van der Waals surface area (Å²) < 4.78 is 2.94. The van der Waals surface area contributed by atoms with Gasteiger partial charge in [0, 0.05) is 40.6 Å². The topological polar surface area (TPSA) is 0 Å². The first-order valence-electron chi connectivity index (χ1n) is 19.4. The minimum atomic E-state index is 0.496. The standard InChI is InChI=1S/C46H56S4/c1-29(2)9-7-11-31(5)13-15-33-17-21-35(22-18-33)39-27-41-43(47-39)37-25-26-38-44-42(50-46(38)45(37)49-41)28-40(48-44)36-23-19-34(20-24-36)16-14-32(6)12-8-10-30(3)4/h17-32,37,45H,7-16H2,1-6H3. The third kappa shape index (κ3) is 8.41. The normalized spacial score (nSPS) is 17.8. The van der Waals surface area contributed by atoms with Gasteiger partial charge in [-0.15, -0.1) is 45.8 Å². The minimum absolute atomic E-state index is 0.496. The van der Waals surface area contributed by atoms with Crippen LogP contribution in [0.2, 0.25) is 0 Å². The molecule has 0 bridgehead atoms. The Balaban J connectivity index is 0.961. The van der Waals surface area contributed by atoms with Gasteiger partial charge in [-0.3, -0.25) is 0 Å². The molecule has 0 nitrogen and oxygen atoms in total. The van der Waals surface area contributed by atoms with Gasteiger partial charge in [0.1, 0.15) is 0 Å². The van der Waals surface area contributed by atoms with Crippen molar-refractivity contribution in [3.8, 4) is 20.9 Å². The molecule has 1 aliphatic carbocycles. The first-order chi connectivity index (χ1) is 24.2. The Bertz CT molecular complexity index is 1880. The van der Waals surface area contributed by atoms with Gasteiger partial charge >= 0.3 is 0 Å². The zero-order chi connectivity index (χ0) is 34.8. The summed E-state index contributed by atoms with van der Waals surface area (Å²) in [6, 6.07) is 23.9. The average Bonchev–Trinajstić information content (AvgIpc) is 3.86. The van der Waals surface area contributed by atoms with E-state index in [0.717, 1.165) is 23.7 Å². The van der Waals surface area contributed by atoms with E-state index in [-0.39, 0.29) is 0 Å². The van der Waals surface area contributed by atoms with Crippen LogP contribution in [0.1, 0.15) is 131 Å². The molecule has 264 valence electrons. The van der Waals surface area contributed by atoms with Gasteiger partial charge in [-0.25, -0.2) is 0 Å². The highest BCUT2D eigenvalue weighted by Gasteiger charge is 2.39. The molecule has 0 fully saturated rings. The van der Waals surface area contributed by atoms with Crippen LogP contribution in [0.25, 0.3) is 36.4 Å². The second kappa shape index (κ2) is 16.3. The van der Waals surface area contributed by atoms with E-state index in [1.165, 1.54) is 116 Å². The smallest absolute Gasteiger partial charge is 0.0557 e.